The Kier molecular flexibility index (Phi) is 4.49. The molecular formula is C15H21NO4. The Bertz CT molecular complexity index is 465. The second-order valence-electron chi connectivity index (χ2n) is 5.24. The van der Waals surface area contributed by atoms with E-state index < -0.39 is 0 Å². The number of methoxy groups -OCH3 is 1. The highest BCUT2D eigenvalue weighted by Crippen LogP contribution is 2.37. The van der Waals surface area contributed by atoms with E-state index >= 15 is 0 Å². The predicted octanol–water partition coefficient (Wildman–Crippen LogP) is 1.98. The molecule has 5 heteroatoms. The summed E-state index contributed by atoms with van der Waals surface area (Å²) in [5.41, 5.74) is -0.0314. The molecule has 2 rings (SSSR count). The van der Waals surface area contributed by atoms with Crippen LogP contribution in [0.3, 0.4) is 0 Å². The number of phenols is 2. The fraction of sp³-hybridized carbons (Fsp3) is 0.533. The van der Waals surface area contributed by atoms with Crippen molar-refractivity contribution in [3.8, 4) is 11.5 Å². The van der Waals surface area contributed by atoms with Crippen molar-refractivity contribution in [2.45, 2.75) is 25.8 Å². The van der Waals surface area contributed by atoms with Gasteiger partial charge < -0.3 is 19.8 Å². The number of nitrogens with zero attached hydrogens (tertiary/aromatic N) is 1. The van der Waals surface area contributed by atoms with Gasteiger partial charge in [0.05, 0.1) is 6.61 Å². The third-order valence-corrected chi connectivity index (χ3v) is 3.83. The molecular weight excluding hydrogens is 258 g/mol. The van der Waals surface area contributed by atoms with Crippen molar-refractivity contribution in [3.63, 3.8) is 0 Å². The molecule has 1 unspecified atom stereocenters. The van der Waals surface area contributed by atoms with Gasteiger partial charge in [0.1, 0.15) is 17.1 Å². The molecule has 1 aromatic rings. The van der Waals surface area contributed by atoms with Crippen molar-refractivity contribution in [1.82, 2.24) is 4.90 Å². The highest BCUT2D eigenvalue weighted by atomic mass is 16.5. The van der Waals surface area contributed by atoms with Gasteiger partial charge in [-0.3, -0.25) is 4.79 Å². The minimum atomic E-state index is -0.350. The maximum Gasteiger partial charge on any atom is 0.261 e. The first-order chi connectivity index (χ1) is 9.56. The molecule has 1 atom stereocenters. The summed E-state index contributed by atoms with van der Waals surface area (Å²) in [4.78, 5) is 14.3. The fourth-order valence-electron chi connectivity index (χ4n) is 2.40. The van der Waals surface area contributed by atoms with E-state index in [9.17, 15) is 15.0 Å². The molecule has 1 aliphatic carbocycles. The quantitative estimate of drug-likeness (QED) is 0.835. The summed E-state index contributed by atoms with van der Waals surface area (Å²) in [6, 6.07) is 4.40. The summed E-state index contributed by atoms with van der Waals surface area (Å²) in [6.45, 7) is 2.88. The zero-order chi connectivity index (χ0) is 14.7. The van der Waals surface area contributed by atoms with Crippen molar-refractivity contribution in [2.24, 2.45) is 5.92 Å². The second kappa shape index (κ2) is 6.13. The molecule has 20 heavy (non-hydrogen) atoms. The van der Waals surface area contributed by atoms with Gasteiger partial charge in [0.25, 0.3) is 5.91 Å². The second-order valence-corrected chi connectivity index (χ2v) is 5.24. The van der Waals surface area contributed by atoms with Gasteiger partial charge in [-0.25, -0.2) is 0 Å². The highest BCUT2D eigenvalue weighted by Gasteiger charge is 2.35. The number of carbonyl (C=O) groups is 1. The largest absolute Gasteiger partial charge is 0.507 e. The molecule has 0 spiro atoms. The van der Waals surface area contributed by atoms with E-state index in [1.54, 1.807) is 12.0 Å². The van der Waals surface area contributed by atoms with Gasteiger partial charge in [-0.1, -0.05) is 6.07 Å². The lowest BCUT2D eigenvalue weighted by Crippen LogP contribution is -2.42. The van der Waals surface area contributed by atoms with E-state index in [-0.39, 0.29) is 29.0 Å². The Morgan fingerprint density at radius 1 is 1.40 bits per heavy atom. The molecule has 1 aromatic carbocycles. The molecule has 1 saturated carbocycles. The average molecular weight is 279 g/mol. The topological polar surface area (TPSA) is 70.0 Å². The zero-order valence-electron chi connectivity index (χ0n) is 11.9. The minimum Gasteiger partial charge on any atom is -0.507 e. The number of phenolic OH excluding ortho intramolecular Hbond substituents is 2. The Morgan fingerprint density at radius 3 is 2.50 bits per heavy atom. The lowest BCUT2D eigenvalue weighted by atomic mass is 10.1. The van der Waals surface area contributed by atoms with Crippen LogP contribution in [-0.2, 0) is 4.74 Å². The SMILES string of the molecule is COCCN(C(=O)c1c(O)cccc1O)C(C)C1CC1. The van der Waals surface area contributed by atoms with Gasteiger partial charge in [-0.15, -0.1) is 0 Å². The van der Waals surface area contributed by atoms with Crippen molar-refractivity contribution >= 4 is 5.91 Å². The standard InChI is InChI=1S/C15H21NO4/c1-10(11-6-7-11)16(8-9-20-2)15(19)14-12(17)4-3-5-13(14)18/h3-5,10-11,17-18H,6-9H2,1-2H3. The van der Waals surface area contributed by atoms with Crippen LogP contribution in [0.15, 0.2) is 18.2 Å². The van der Waals surface area contributed by atoms with E-state index in [0.29, 0.717) is 19.1 Å². The van der Waals surface area contributed by atoms with Gasteiger partial charge in [0, 0.05) is 19.7 Å². The summed E-state index contributed by atoms with van der Waals surface area (Å²) < 4.78 is 5.05. The highest BCUT2D eigenvalue weighted by molar-refractivity contribution is 5.99. The van der Waals surface area contributed by atoms with Crippen LogP contribution in [0.4, 0.5) is 0 Å². The van der Waals surface area contributed by atoms with Crippen molar-refractivity contribution in [1.29, 1.82) is 0 Å². The summed E-state index contributed by atoms with van der Waals surface area (Å²) >= 11 is 0. The summed E-state index contributed by atoms with van der Waals surface area (Å²) in [5, 5.41) is 19.7. The first kappa shape index (κ1) is 14.7. The van der Waals surface area contributed by atoms with Gasteiger partial charge in [-0.05, 0) is 37.8 Å². The molecule has 0 heterocycles. The smallest absolute Gasteiger partial charge is 0.261 e. The van der Waals surface area contributed by atoms with Crippen LogP contribution in [-0.4, -0.2) is 47.3 Å². The normalized spacial score (nSPS) is 15.9. The molecule has 5 nitrogen and oxygen atoms in total. The fourth-order valence-corrected chi connectivity index (χ4v) is 2.40. The maximum atomic E-state index is 12.6. The molecule has 0 radical (unpaired) electrons. The van der Waals surface area contributed by atoms with Gasteiger partial charge in [-0.2, -0.15) is 0 Å². The Hall–Kier alpha value is -1.75. The van der Waals surface area contributed by atoms with Crippen molar-refractivity contribution in [2.75, 3.05) is 20.3 Å². The Labute approximate surface area is 118 Å². The van der Waals surface area contributed by atoms with E-state index in [1.165, 1.54) is 18.2 Å². The van der Waals surface area contributed by atoms with Crippen LogP contribution in [0, 0.1) is 5.92 Å². The van der Waals surface area contributed by atoms with E-state index in [0.717, 1.165) is 12.8 Å². The molecule has 0 aromatic heterocycles. The van der Waals surface area contributed by atoms with Crippen LogP contribution in [0.1, 0.15) is 30.1 Å². The van der Waals surface area contributed by atoms with Crippen LogP contribution >= 0.6 is 0 Å². The molecule has 2 N–H and O–H groups in total. The maximum absolute atomic E-state index is 12.6. The summed E-state index contributed by atoms with van der Waals surface area (Å²) in [6.07, 6.45) is 2.23. The molecule has 0 bridgehead atoms. The molecule has 1 amide bonds. The Balaban J connectivity index is 2.25. The minimum absolute atomic E-state index is 0.0314. The van der Waals surface area contributed by atoms with Crippen molar-refractivity contribution in [3.05, 3.63) is 23.8 Å². The number of rotatable bonds is 6. The lowest BCUT2D eigenvalue weighted by molar-refractivity contribution is 0.0588. The van der Waals surface area contributed by atoms with Gasteiger partial charge >= 0.3 is 0 Å². The summed E-state index contributed by atoms with van der Waals surface area (Å²) in [7, 11) is 1.59. The van der Waals surface area contributed by atoms with E-state index in [4.69, 9.17) is 4.74 Å². The van der Waals surface area contributed by atoms with Crippen molar-refractivity contribution < 1.29 is 19.7 Å². The summed E-state index contributed by atoms with van der Waals surface area (Å²) in [5.74, 6) is -0.235. The van der Waals surface area contributed by atoms with Gasteiger partial charge in [0.15, 0.2) is 0 Å². The van der Waals surface area contributed by atoms with Crippen LogP contribution in [0.25, 0.3) is 0 Å². The number of amides is 1. The van der Waals surface area contributed by atoms with Crippen LogP contribution < -0.4 is 0 Å². The monoisotopic (exact) mass is 279 g/mol. The third-order valence-electron chi connectivity index (χ3n) is 3.83. The van der Waals surface area contributed by atoms with Crippen LogP contribution in [0.2, 0.25) is 0 Å². The predicted molar refractivity (Wildman–Crippen MR) is 74.9 cm³/mol. The Morgan fingerprint density at radius 2 is 2.00 bits per heavy atom. The number of benzene rings is 1. The zero-order valence-corrected chi connectivity index (χ0v) is 11.9. The number of aromatic hydroxyl groups is 2. The lowest BCUT2D eigenvalue weighted by Gasteiger charge is -2.29. The molecule has 110 valence electrons. The first-order valence-corrected chi connectivity index (χ1v) is 6.87. The number of hydrogen-bond acceptors (Lipinski definition) is 4. The first-order valence-electron chi connectivity index (χ1n) is 6.87. The van der Waals surface area contributed by atoms with E-state index in [1.807, 2.05) is 6.92 Å². The number of ether oxygens (including phenoxy) is 1. The molecule has 1 fully saturated rings. The molecule has 0 aliphatic heterocycles. The third kappa shape index (κ3) is 3.04. The van der Waals surface area contributed by atoms with E-state index in [2.05, 4.69) is 0 Å². The van der Waals surface area contributed by atoms with Gasteiger partial charge in [0.2, 0.25) is 0 Å². The molecule has 0 saturated heterocycles. The average Bonchev–Trinajstić information content (AvgIpc) is 3.23. The number of carbonyl (C=O) groups excluding carboxylic acids is 1. The van der Waals surface area contributed by atoms with Crippen LogP contribution in [0.5, 0.6) is 11.5 Å². The molecule has 1 aliphatic rings. The number of hydrogen-bond donors (Lipinski definition) is 2.